The minimum atomic E-state index is -0.595. The molecule has 1 aromatic carbocycles. The molecular weight excluding hydrogens is 336 g/mol. The first kappa shape index (κ1) is 19.2. The molecule has 1 heterocycles. The average Bonchev–Trinajstić information content (AvgIpc) is 2.56. The molecule has 8 heteroatoms. The minimum absolute atomic E-state index is 0.280. The van der Waals surface area contributed by atoms with E-state index < -0.39 is 11.7 Å². The highest BCUT2D eigenvalue weighted by molar-refractivity contribution is 5.89. The van der Waals surface area contributed by atoms with Crippen LogP contribution in [0.4, 0.5) is 22.1 Å². The van der Waals surface area contributed by atoms with Gasteiger partial charge in [0.25, 0.3) is 0 Å². The Balaban J connectivity index is 1.94. The zero-order valence-corrected chi connectivity index (χ0v) is 15.2. The Morgan fingerprint density at radius 3 is 2.15 bits per heavy atom. The second-order valence-electron chi connectivity index (χ2n) is 6.35. The topological polar surface area (TPSA) is 102 Å². The third kappa shape index (κ3) is 6.04. The fraction of sp³-hybridized carbons (Fsp3) is 0.333. The predicted octanol–water partition coefficient (Wildman–Crippen LogP) is 3.74. The summed E-state index contributed by atoms with van der Waals surface area (Å²) in [6.45, 7) is 7.42. The molecule has 0 aliphatic rings. The summed E-state index contributed by atoms with van der Waals surface area (Å²) in [6, 6.07) is 10.1. The summed E-state index contributed by atoms with van der Waals surface area (Å²) in [7, 11) is 0. The molecule has 1 aromatic heterocycles. The first-order valence-electron chi connectivity index (χ1n) is 8.15. The van der Waals surface area contributed by atoms with Gasteiger partial charge in [-0.05, 0) is 64.1 Å². The van der Waals surface area contributed by atoms with Gasteiger partial charge in [-0.15, -0.1) is 10.2 Å². The van der Waals surface area contributed by atoms with Crippen LogP contribution in [0.2, 0.25) is 0 Å². The Hall–Kier alpha value is -3.16. The number of amides is 1. The van der Waals surface area contributed by atoms with Crippen LogP contribution in [-0.2, 0) is 9.47 Å². The molecule has 0 bridgehead atoms. The number of hydrogen-bond acceptors (Lipinski definition) is 7. The molecule has 1 amide bonds. The van der Waals surface area contributed by atoms with Crippen molar-refractivity contribution in [2.24, 2.45) is 0 Å². The van der Waals surface area contributed by atoms with Crippen molar-refractivity contribution in [3.63, 3.8) is 0 Å². The van der Waals surface area contributed by atoms with E-state index in [0.29, 0.717) is 18.0 Å². The predicted molar refractivity (Wildman–Crippen MR) is 97.6 cm³/mol. The minimum Gasteiger partial charge on any atom is -0.462 e. The molecular formula is C18H22N4O4. The Kier molecular flexibility index (Phi) is 6.11. The summed E-state index contributed by atoms with van der Waals surface area (Å²) in [5.41, 5.74) is 0.620. The summed E-state index contributed by atoms with van der Waals surface area (Å²) in [6.07, 6.45) is -0.595. The molecule has 8 nitrogen and oxygen atoms in total. The van der Waals surface area contributed by atoms with E-state index in [1.54, 1.807) is 64.1 Å². The number of ether oxygens (including phenoxy) is 2. The zero-order valence-electron chi connectivity index (χ0n) is 15.2. The number of esters is 1. The van der Waals surface area contributed by atoms with E-state index in [0.717, 1.165) is 5.69 Å². The number of hydrogen-bond donors (Lipinski definition) is 2. The number of nitrogens with zero attached hydrogens (tertiary/aromatic N) is 2. The lowest BCUT2D eigenvalue weighted by Crippen LogP contribution is -2.27. The molecule has 0 saturated carbocycles. The highest BCUT2D eigenvalue weighted by atomic mass is 16.6. The highest BCUT2D eigenvalue weighted by Gasteiger charge is 2.16. The van der Waals surface area contributed by atoms with Crippen LogP contribution in [0.15, 0.2) is 36.4 Å². The van der Waals surface area contributed by atoms with E-state index >= 15 is 0 Å². The fourth-order valence-corrected chi connectivity index (χ4v) is 1.93. The summed E-state index contributed by atoms with van der Waals surface area (Å²) in [4.78, 5) is 23.3. The normalized spacial score (nSPS) is 10.8. The smallest absolute Gasteiger partial charge is 0.413 e. The number of carbonyl (C=O) groups is 2. The van der Waals surface area contributed by atoms with Crippen LogP contribution in [0.3, 0.4) is 0 Å². The molecule has 0 aliphatic carbocycles. The number of rotatable bonds is 5. The monoisotopic (exact) mass is 358 g/mol. The molecule has 0 aliphatic heterocycles. The van der Waals surface area contributed by atoms with Crippen LogP contribution < -0.4 is 10.6 Å². The van der Waals surface area contributed by atoms with Crippen LogP contribution in [0.25, 0.3) is 0 Å². The van der Waals surface area contributed by atoms with Crippen molar-refractivity contribution in [1.29, 1.82) is 0 Å². The van der Waals surface area contributed by atoms with Gasteiger partial charge in [-0.3, -0.25) is 5.32 Å². The van der Waals surface area contributed by atoms with E-state index in [4.69, 9.17) is 9.47 Å². The van der Waals surface area contributed by atoms with E-state index in [1.165, 1.54) is 0 Å². The molecule has 2 N–H and O–H groups in total. The summed E-state index contributed by atoms with van der Waals surface area (Å²) in [5.74, 6) is 0.405. The number of nitrogens with one attached hydrogen (secondary N) is 2. The van der Waals surface area contributed by atoms with Gasteiger partial charge in [0.15, 0.2) is 11.6 Å². The third-order valence-electron chi connectivity index (χ3n) is 2.96. The molecule has 0 saturated heterocycles. The van der Waals surface area contributed by atoms with Gasteiger partial charge in [-0.25, -0.2) is 9.59 Å². The zero-order chi connectivity index (χ0) is 19.2. The van der Waals surface area contributed by atoms with Crippen LogP contribution in [0, 0.1) is 0 Å². The van der Waals surface area contributed by atoms with E-state index in [9.17, 15) is 9.59 Å². The Morgan fingerprint density at radius 1 is 1.00 bits per heavy atom. The molecule has 0 radical (unpaired) electrons. The highest BCUT2D eigenvalue weighted by Crippen LogP contribution is 2.16. The lowest BCUT2D eigenvalue weighted by molar-refractivity contribution is 0.0525. The molecule has 2 rings (SSSR count). The first-order valence-corrected chi connectivity index (χ1v) is 8.15. The summed E-state index contributed by atoms with van der Waals surface area (Å²) < 4.78 is 10.1. The van der Waals surface area contributed by atoms with Gasteiger partial charge >= 0.3 is 12.1 Å². The van der Waals surface area contributed by atoms with Crippen molar-refractivity contribution in [2.45, 2.75) is 33.3 Å². The molecule has 0 spiro atoms. The van der Waals surface area contributed by atoms with Gasteiger partial charge in [-0.1, -0.05) is 0 Å². The lowest BCUT2D eigenvalue weighted by Gasteiger charge is -2.19. The molecule has 2 aromatic rings. The van der Waals surface area contributed by atoms with Crippen molar-refractivity contribution in [3.05, 3.63) is 42.0 Å². The first-order chi connectivity index (χ1) is 12.3. The van der Waals surface area contributed by atoms with Crippen molar-refractivity contribution < 1.29 is 19.1 Å². The SMILES string of the molecule is CCOC(=O)c1ccc(Nc2ccc(NC(=O)OC(C)(C)C)nn2)cc1. The van der Waals surface area contributed by atoms with E-state index in [2.05, 4.69) is 20.8 Å². The Bertz CT molecular complexity index is 752. The van der Waals surface area contributed by atoms with Gasteiger partial charge in [0.2, 0.25) is 0 Å². The molecule has 0 atom stereocenters. The summed E-state index contributed by atoms with van der Waals surface area (Å²) >= 11 is 0. The molecule has 26 heavy (non-hydrogen) atoms. The van der Waals surface area contributed by atoms with Gasteiger partial charge in [0.1, 0.15) is 5.60 Å². The number of aromatic nitrogens is 2. The number of benzene rings is 1. The van der Waals surface area contributed by atoms with E-state index in [-0.39, 0.29) is 11.8 Å². The molecule has 138 valence electrons. The molecule has 0 fully saturated rings. The van der Waals surface area contributed by atoms with Crippen LogP contribution in [0.1, 0.15) is 38.1 Å². The van der Waals surface area contributed by atoms with Gasteiger partial charge < -0.3 is 14.8 Å². The van der Waals surface area contributed by atoms with E-state index in [1.807, 2.05) is 0 Å². The average molecular weight is 358 g/mol. The maximum Gasteiger partial charge on any atom is 0.413 e. The van der Waals surface area contributed by atoms with Gasteiger partial charge in [-0.2, -0.15) is 0 Å². The standard InChI is InChI=1S/C18H22N4O4/c1-5-25-16(23)12-6-8-13(9-7-12)19-14-10-11-15(22-21-14)20-17(24)26-18(2,3)4/h6-11H,5H2,1-4H3,(H,19,21)(H,20,22,24). The maximum absolute atomic E-state index is 11.7. The van der Waals surface area contributed by atoms with Crippen molar-refractivity contribution in [1.82, 2.24) is 10.2 Å². The maximum atomic E-state index is 11.7. The quantitative estimate of drug-likeness (QED) is 0.785. The van der Waals surface area contributed by atoms with Crippen molar-refractivity contribution in [2.75, 3.05) is 17.2 Å². The van der Waals surface area contributed by atoms with Crippen LogP contribution >= 0.6 is 0 Å². The number of carbonyl (C=O) groups excluding carboxylic acids is 2. The van der Waals surface area contributed by atoms with Crippen LogP contribution in [-0.4, -0.2) is 34.5 Å². The number of anilines is 3. The largest absolute Gasteiger partial charge is 0.462 e. The van der Waals surface area contributed by atoms with Gasteiger partial charge in [0, 0.05) is 5.69 Å². The Labute approximate surface area is 151 Å². The third-order valence-corrected chi connectivity index (χ3v) is 2.96. The second kappa shape index (κ2) is 8.28. The molecule has 0 unspecified atom stereocenters. The summed E-state index contributed by atoms with van der Waals surface area (Å²) in [5, 5.41) is 13.5. The van der Waals surface area contributed by atoms with Crippen molar-refractivity contribution >= 4 is 29.4 Å². The fourth-order valence-electron chi connectivity index (χ4n) is 1.93. The second-order valence-corrected chi connectivity index (χ2v) is 6.35. The van der Waals surface area contributed by atoms with Gasteiger partial charge in [0.05, 0.1) is 12.2 Å². The van der Waals surface area contributed by atoms with Crippen molar-refractivity contribution in [3.8, 4) is 0 Å². The Morgan fingerprint density at radius 2 is 1.62 bits per heavy atom. The lowest BCUT2D eigenvalue weighted by atomic mass is 10.2. The van der Waals surface area contributed by atoms with Crippen LogP contribution in [0.5, 0.6) is 0 Å².